The zero-order chi connectivity index (χ0) is 15.4. The number of aryl methyl sites for hydroxylation is 1. The lowest BCUT2D eigenvalue weighted by Crippen LogP contribution is -2.37. The first-order valence-electron chi connectivity index (χ1n) is 7.30. The lowest BCUT2D eigenvalue weighted by atomic mass is 10.0. The molecule has 0 radical (unpaired) electrons. The van der Waals surface area contributed by atoms with Crippen molar-refractivity contribution in [2.45, 2.75) is 32.2 Å². The van der Waals surface area contributed by atoms with E-state index in [-0.39, 0.29) is 18.2 Å². The van der Waals surface area contributed by atoms with Gasteiger partial charge in [-0.05, 0) is 31.2 Å². The van der Waals surface area contributed by atoms with Gasteiger partial charge in [-0.15, -0.1) is 0 Å². The van der Waals surface area contributed by atoms with E-state index in [1.54, 1.807) is 4.90 Å². The maximum atomic E-state index is 12.4. The van der Waals surface area contributed by atoms with Crippen LogP contribution in [0.1, 0.15) is 36.4 Å². The Balaban J connectivity index is 1.91. The van der Waals surface area contributed by atoms with Crippen molar-refractivity contribution in [1.29, 1.82) is 0 Å². The maximum absolute atomic E-state index is 12.4. The lowest BCUT2D eigenvalue weighted by molar-refractivity contribution is -0.137. The van der Waals surface area contributed by atoms with E-state index < -0.39 is 12.0 Å². The van der Waals surface area contributed by atoms with Crippen LogP contribution in [0, 0.1) is 12.8 Å². The third-order valence-corrected chi connectivity index (χ3v) is 4.07. The Hall–Kier alpha value is -1.88. The van der Waals surface area contributed by atoms with E-state index >= 15 is 0 Å². The van der Waals surface area contributed by atoms with Crippen molar-refractivity contribution in [3.05, 3.63) is 35.4 Å². The summed E-state index contributed by atoms with van der Waals surface area (Å²) in [4.78, 5) is 24.8. The summed E-state index contributed by atoms with van der Waals surface area (Å²) in [7, 11) is 0. The Labute approximate surface area is 124 Å². The summed E-state index contributed by atoms with van der Waals surface area (Å²) >= 11 is 0. The van der Waals surface area contributed by atoms with Crippen LogP contribution in [-0.2, 0) is 9.59 Å². The second kappa shape index (κ2) is 6.72. The van der Waals surface area contributed by atoms with E-state index in [2.05, 4.69) is 0 Å². The van der Waals surface area contributed by atoms with Crippen LogP contribution in [0.3, 0.4) is 0 Å². The van der Waals surface area contributed by atoms with Gasteiger partial charge in [-0.3, -0.25) is 9.59 Å². The van der Waals surface area contributed by atoms with Crippen molar-refractivity contribution >= 4 is 11.9 Å². The zero-order valence-corrected chi connectivity index (χ0v) is 12.3. The molecule has 0 bridgehead atoms. The van der Waals surface area contributed by atoms with Crippen molar-refractivity contribution in [3.63, 3.8) is 0 Å². The van der Waals surface area contributed by atoms with Gasteiger partial charge in [0.05, 0.1) is 0 Å². The van der Waals surface area contributed by atoms with Crippen LogP contribution in [0.25, 0.3) is 0 Å². The van der Waals surface area contributed by atoms with Gasteiger partial charge in [0.2, 0.25) is 5.91 Å². The lowest BCUT2D eigenvalue weighted by Gasteiger charge is -2.21. The molecule has 0 saturated carbocycles. The van der Waals surface area contributed by atoms with Crippen LogP contribution in [0.4, 0.5) is 0 Å². The first kappa shape index (κ1) is 15.5. The van der Waals surface area contributed by atoms with Crippen molar-refractivity contribution < 1.29 is 14.7 Å². The molecule has 1 aromatic carbocycles. The molecule has 1 saturated heterocycles. The van der Waals surface area contributed by atoms with E-state index in [0.29, 0.717) is 19.5 Å². The highest BCUT2D eigenvalue weighted by molar-refractivity contribution is 5.83. The molecule has 114 valence electrons. The van der Waals surface area contributed by atoms with Gasteiger partial charge in [0.25, 0.3) is 0 Å². The van der Waals surface area contributed by atoms with Gasteiger partial charge in [0.15, 0.2) is 0 Å². The number of hydrogen-bond donors (Lipinski definition) is 2. The first-order chi connectivity index (χ1) is 9.97. The molecule has 3 N–H and O–H groups in total. The standard InChI is InChI=1S/C16H22N2O3/c1-11-2-5-13(6-3-11)15(17)16(21)18-9-8-12(10-18)4-7-14(19)20/h2-3,5-6,12,15H,4,7-10,17H2,1H3,(H,19,20). The van der Waals surface area contributed by atoms with Crippen molar-refractivity contribution in [2.75, 3.05) is 13.1 Å². The Morgan fingerprint density at radius 1 is 1.38 bits per heavy atom. The van der Waals surface area contributed by atoms with Gasteiger partial charge >= 0.3 is 5.97 Å². The third kappa shape index (κ3) is 4.04. The smallest absolute Gasteiger partial charge is 0.303 e. The van der Waals surface area contributed by atoms with Gasteiger partial charge in [-0.25, -0.2) is 0 Å². The largest absolute Gasteiger partial charge is 0.481 e. The highest BCUT2D eigenvalue weighted by atomic mass is 16.4. The van der Waals surface area contributed by atoms with E-state index in [1.807, 2.05) is 31.2 Å². The Bertz CT molecular complexity index is 513. The fourth-order valence-corrected chi connectivity index (χ4v) is 2.71. The van der Waals surface area contributed by atoms with Gasteiger partial charge in [0.1, 0.15) is 6.04 Å². The highest BCUT2D eigenvalue weighted by Crippen LogP contribution is 2.24. The number of amides is 1. The zero-order valence-electron chi connectivity index (χ0n) is 12.3. The van der Waals surface area contributed by atoms with E-state index in [1.165, 1.54) is 0 Å². The molecule has 0 aliphatic carbocycles. The molecule has 2 atom stereocenters. The number of likely N-dealkylation sites (tertiary alicyclic amines) is 1. The number of carbonyl (C=O) groups excluding carboxylic acids is 1. The topological polar surface area (TPSA) is 83.6 Å². The summed E-state index contributed by atoms with van der Waals surface area (Å²) in [5.74, 6) is -0.580. The summed E-state index contributed by atoms with van der Waals surface area (Å²) in [6, 6.07) is 7.03. The molecule has 0 spiro atoms. The summed E-state index contributed by atoms with van der Waals surface area (Å²) < 4.78 is 0. The fourth-order valence-electron chi connectivity index (χ4n) is 2.71. The average molecular weight is 290 g/mol. The molecule has 21 heavy (non-hydrogen) atoms. The van der Waals surface area contributed by atoms with Crippen LogP contribution in [0.2, 0.25) is 0 Å². The van der Waals surface area contributed by atoms with Crippen LogP contribution in [0.15, 0.2) is 24.3 Å². The molecule has 2 rings (SSSR count). The van der Waals surface area contributed by atoms with Crippen molar-refractivity contribution in [2.24, 2.45) is 11.7 Å². The molecule has 1 heterocycles. The number of nitrogens with two attached hydrogens (primary N) is 1. The molecule has 1 aliphatic rings. The summed E-state index contributed by atoms with van der Waals surface area (Å²) in [5.41, 5.74) is 8.00. The molecular formula is C16H22N2O3. The van der Waals surface area contributed by atoms with Crippen molar-refractivity contribution in [1.82, 2.24) is 4.90 Å². The minimum Gasteiger partial charge on any atom is -0.481 e. The number of aliphatic carboxylic acids is 1. The predicted octanol–water partition coefficient (Wildman–Crippen LogP) is 1.71. The number of hydrogen-bond acceptors (Lipinski definition) is 3. The minimum absolute atomic E-state index is 0.0725. The number of carboxylic acid groups (broad SMARTS) is 1. The minimum atomic E-state index is -0.781. The molecule has 5 nitrogen and oxygen atoms in total. The molecule has 1 amide bonds. The molecule has 1 aliphatic heterocycles. The normalized spacial score (nSPS) is 19.5. The first-order valence-corrected chi connectivity index (χ1v) is 7.30. The van der Waals surface area contributed by atoms with Gasteiger partial charge < -0.3 is 15.7 Å². The van der Waals surface area contributed by atoms with Crippen LogP contribution < -0.4 is 5.73 Å². The predicted molar refractivity (Wildman–Crippen MR) is 79.7 cm³/mol. The summed E-state index contributed by atoms with van der Waals surface area (Å²) in [6.45, 7) is 3.28. The number of carbonyl (C=O) groups is 2. The van der Waals surface area contributed by atoms with Gasteiger partial charge in [0, 0.05) is 19.5 Å². The molecule has 1 fully saturated rings. The molecule has 2 unspecified atom stereocenters. The molecular weight excluding hydrogens is 268 g/mol. The molecule has 5 heteroatoms. The monoisotopic (exact) mass is 290 g/mol. The maximum Gasteiger partial charge on any atom is 0.303 e. The Morgan fingerprint density at radius 3 is 2.67 bits per heavy atom. The number of nitrogens with zero attached hydrogens (tertiary/aromatic N) is 1. The third-order valence-electron chi connectivity index (χ3n) is 4.07. The Morgan fingerprint density at radius 2 is 2.05 bits per heavy atom. The fraction of sp³-hybridized carbons (Fsp3) is 0.500. The van der Waals surface area contributed by atoms with E-state index in [9.17, 15) is 9.59 Å². The SMILES string of the molecule is Cc1ccc(C(N)C(=O)N2CCC(CCC(=O)O)C2)cc1. The van der Waals surface area contributed by atoms with Crippen LogP contribution >= 0.6 is 0 Å². The summed E-state index contributed by atoms with van der Waals surface area (Å²) in [5, 5.41) is 8.71. The van der Waals surface area contributed by atoms with E-state index in [0.717, 1.165) is 17.5 Å². The molecule has 1 aromatic rings. The Kier molecular flexibility index (Phi) is 4.96. The van der Waals surface area contributed by atoms with Crippen LogP contribution in [-0.4, -0.2) is 35.0 Å². The average Bonchev–Trinajstić information content (AvgIpc) is 2.93. The highest BCUT2D eigenvalue weighted by Gasteiger charge is 2.29. The number of benzene rings is 1. The van der Waals surface area contributed by atoms with Crippen LogP contribution in [0.5, 0.6) is 0 Å². The van der Waals surface area contributed by atoms with E-state index in [4.69, 9.17) is 10.8 Å². The molecule has 0 aromatic heterocycles. The quantitative estimate of drug-likeness (QED) is 0.864. The number of rotatable bonds is 5. The summed E-state index contributed by atoms with van der Waals surface area (Å²) in [6.07, 6.45) is 1.65. The second-order valence-electron chi connectivity index (χ2n) is 5.76. The van der Waals surface area contributed by atoms with Crippen molar-refractivity contribution in [3.8, 4) is 0 Å². The van der Waals surface area contributed by atoms with Gasteiger partial charge in [-0.2, -0.15) is 0 Å². The second-order valence-corrected chi connectivity index (χ2v) is 5.76. The van der Waals surface area contributed by atoms with Gasteiger partial charge in [-0.1, -0.05) is 29.8 Å². The number of carboxylic acids is 1.